The van der Waals surface area contributed by atoms with Gasteiger partial charge in [0, 0.05) is 37.4 Å². The summed E-state index contributed by atoms with van der Waals surface area (Å²) >= 11 is 0. The van der Waals surface area contributed by atoms with Crippen molar-refractivity contribution in [2.75, 3.05) is 32.0 Å². The number of aromatic nitrogens is 2. The number of hydrogen-bond donors (Lipinski definition) is 1. The molecule has 2 aromatic rings. The number of anilines is 1. The number of aryl methyl sites for hydroxylation is 1. The fourth-order valence-corrected chi connectivity index (χ4v) is 3.32. The van der Waals surface area contributed by atoms with Gasteiger partial charge in [-0.05, 0) is 32.0 Å². The maximum absolute atomic E-state index is 12.8. The van der Waals surface area contributed by atoms with Crippen molar-refractivity contribution >= 4 is 11.8 Å². The second kappa shape index (κ2) is 7.27. The molecule has 1 fully saturated rings. The van der Waals surface area contributed by atoms with E-state index >= 15 is 0 Å². The normalized spacial score (nSPS) is 18.6. The number of benzene rings is 1. The van der Waals surface area contributed by atoms with Gasteiger partial charge in [-0.2, -0.15) is 0 Å². The largest absolute Gasteiger partial charge is 0.323 e. The molecule has 1 unspecified atom stereocenters. The van der Waals surface area contributed by atoms with Gasteiger partial charge in [-0.15, -0.1) is 5.10 Å². The van der Waals surface area contributed by atoms with E-state index in [2.05, 4.69) is 36.2 Å². The number of rotatable bonds is 3. The Labute approximate surface area is 149 Å². The predicted octanol–water partition coefficient (Wildman–Crippen LogP) is 2.98. The lowest BCUT2D eigenvalue weighted by atomic mass is 10.0. The molecular formula is C19H27N5O. The summed E-state index contributed by atoms with van der Waals surface area (Å²) in [7, 11) is 2.11. The Morgan fingerprint density at radius 3 is 2.64 bits per heavy atom. The van der Waals surface area contributed by atoms with Crippen LogP contribution in [0.25, 0.3) is 5.69 Å². The molecule has 1 aromatic carbocycles. The Morgan fingerprint density at radius 1 is 1.24 bits per heavy atom. The molecule has 1 atom stereocenters. The number of hydrogen-bond acceptors (Lipinski definition) is 3. The molecular weight excluding hydrogens is 314 g/mol. The molecule has 0 bridgehead atoms. The third kappa shape index (κ3) is 3.85. The molecule has 25 heavy (non-hydrogen) atoms. The van der Waals surface area contributed by atoms with E-state index in [1.165, 1.54) is 0 Å². The number of carbonyl (C=O) groups is 1. The zero-order valence-corrected chi connectivity index (χ0v) is 15.4. The zero-order valence-electron chi connectivity index (χ0n) is 15.4. The molecule has 1 aliphatic rings. The van der Waals surface area contributed by atoms with Gasteiger partial charge in [0.1, 0.15) is 0 Å². The van der Waals surface area contributed by atoms with Gasteiger partial charge < -0.3 is 9.80 Å². The lowest BCUT2D eigenvalue weighted by molar-refractivity contribution is 0.0921. The van der Waals surface area contributed by atoms with Gasteiger partial charge in [0.15, 0.2) is 5.82 Å². The van der Waals surface area contributed by atoms with Crippen molar-refractivity contribution in [1.82, 2.24) is 19.6 Å². The van der Waals surface area contributed by atoms with Gasteiger partial charge in [-0.3, -0.25) is 5.32 Å². The molecule has 0 spiro atoms. The highest BCUT2D eigenvalue weighted by atomic mass is 16.2. The number of nitrogens with one attached hydrogen (secondary N) is 1. The highest BCUT2D eigenvalue weighted by Gasteiger charge is 2.31. The number of para-hydroxylation sites is 1. The van der Waals surface area contributed by atoms with Crippen molar-refractivity contribution in [3.05, 3.63) is 42.1 Å². The van der Waals surface area contributed by atoms with Crippen LogP contribution in [0.15, 0.2) is 36.4 Å². The SMILES string of the molecule is Cc1cc(NC(=O)N2CCN(C)CC2C(C)C)nn1-c1ccccc1. The van der Waals surface area contributed by atoms with Gasteiger partial charge in [-0.1, -0.05) is 32.0 Å². The Hall–Kier alpha value is -2.34. The summed E-state index contributed by atoms with van der Waals surface area (Å²) < 4.78 is 1.85. The van der Waals surface area contributed by atoms with E-state index in [0.29, 0.717) is 11.7 Å². The van der Waals surface area contributed by atoms with Crippen LogP contribution in [0.4, 0.5) is 10.6 Å². The Kier molecular flexibility index (Phi) is 5.08. The molecule has 6 nitrogen and oxygen atoms in total. The quantitative estimate of drug-likeness (QED) is 0.934. The predicted molar refractivity (Wildman–Crippen MR) is 100 cm³/mol. The molecule has 3 rings (SSSR count). The van der Waals surface area contributed by atoms with Gasteiger partial charge in [0.2, 0.25) is 0 Å². The third-order valence-corrected chi connectivity index (χ3v) is 4.78. The van der Waals surface area contributed by atoms with Crippen LogP contribution >= 0.6 is 0 Å². The van der Waals surface area contributed by atoms with E-state index < -0.39 is 0 Å². The second-order valence-electron chi connectivity index (χ2n) is 7.12. The highest BCUT2D eigenvalue weighted by molar-refractivity contribution is 5.88. The molecule has 0 radical (unpaired) electrons. The van der Waals surface area contributed by atoms with Crippen molar-refractivity contribution in [1.29, 1.82) is 0 Å². The lowest BCUT2D eigenvalue weighted by Gasteiger charge is -2.41. The van der Waals surface area contributed by atoms with Crippen LogP contribution in [0.5, 0.6) is 0 Å². The van der Waals surface area contributed by atoms with Gasteiger partial charge in [-0.25, -0.2) is 9.48 Å². The van der Waals surface area contributed by atoms with Gasteiger partial charge in [0.05, 0.1) is 5.69 Å². The first-order chi connectivity index (χ1) is 12.0. The molecule has 1 N–H and O–H groups in total. The lowest BCUT2D eigenvalue weighted by Crippen LogP contribution is -2.57. The average molecular weight is 341 g/mol. The summed E-state index contributed by atoms with van der Waals surface area (Å²) in [5.74, 6) is 1.00. The maximum atomic E-state index is 12.8. The Bertz CT molecular complexity index is 725. The fraction of sp³-hybridized carbons (Fsp3) is 0.474. The molecule has 134 valence electrons. The van der Waals surface area contributed by atoms with Crippen molar-refractivity contribution < 1.29 is 4.79 Å². The summed E-state index contributed by atoms with van der Waals surface area (Å²) in [4.78, 5) is 17.0. The van der Waals surface area contributed by atoms with Crippen LogP contribution < -0.4 is 5.32 Å². The number of piperazine rings is 1. The molecule has 0 aliphatic carbocycles. The van der Waals surface area contributed by atoms with Gasteiger partial charge >= 0.3 is 6.03 Å². The van der Waals surface area contributed by atoms with E-state index in [4.69, 9.17) is 0 Å². The van der Waals surface area contributed by atoms with E-state index in [0.717, 1.165) is 31.0 Å². The molecule has 0 saturated carbocycles. The number of urea groups is 1. The van der Waals surface area contributed by atoms with Crippen LogP contribution in [0.2, 0.25) is 0 Å². The molecule has 2 heterocycles. The topological polar surface area (TPSA) is 53.4 Å². The Morgan fingerprint density at radius 2 is 1.96 bits per heavy atom. The third-order valence-electron chi connectivity index (χ3n) is 4.78. The first kappa shape index (κ1) is 17.5. The maximum Gasteiger partial charge on any atom is 0.323 e. The summed E-state index contributed by atoms with van der Waals surface area (Å²) in [6.45, 7) is 8.86. The zero-order chi connectivity index (χ0) is 18.0. The number of amides is 2. The minimum atomic E-state index is -0.0653. The number of carbonyl (C=O) groups excluding carboxylic acids is 1. The first-order valence-corrected chi connectivity index (χ1v) is 8.84. The summed E-state index contributed by atoms with van der Waals surface area (Å²) in [5, 5.41) is 7.53. The number of nitrogens with zero attached hydrogens (tertiary/aromatic N) is 4. The van der Waals surface area contributed by atoms with Crippen LogP contribution in [0.3, 0.4) is 0 Å². The fourth-order valence-electron chi connectivity index (χ4n) is 3.32. The second-order valence-corrected chi connectivity index (χ2v) is 7.12. The van der Waals surface area contributed by atoms with Crippen LogP contribution in [-0.4, -0.2) is 58.3 Å². The highest BCUT2D eigenvalue weighted by Crippen LogP contribution is 2.19. The molecule has 1 saturated heterocycles. The average Bonchev–Trinajstić information content (AvgIpc) is 2.95. The minimum absolute atomic E-state index is 0.0653. The van der Waals surface area contributed by atoms with E-state index in [9.17, 15) is 4.79 Å². The van der Waals surface area contributed by atoms with Crippen LogP contribution in [0.1, 0.15) is 19.5 Å². The molecule has 1 aromatic heterocycles. The van der Waals surface area contributed by atoms with Gasteiger partial charge in [0.25, 0.3) is 0 Å². The summed E-state index contributed by atoms with van der Waals surface area (Å²) in [6.07, 6.45) is 0. The monoisotopic (exact) mass is 341 g/mol. The van der Waals surface area contributed by atoms with Crippen molar-refractivity contribution in [2.24, 2.45) is 5.92 Å². The van der Waals surface area contributed by atoms with Crippen molar-refractivity contribution in [3.63, 3.8) is 0 Å². The first-order valence-electron chi connectivity index (χ1n) is 8.84. The van der Waals surface area contributed by atoms with Crippen LogP contribution in [-0.2, 0) is 0 Å². The van der Waals surface area contributed by atoms with Crippen molar-refractivity contribution in [3.8, 4) is 5.69 Å². The van der Waals surface area contributed by atoms with E-state index in [1.54, 1.807) is 0 Å². The Balaban J connectivity index is 1.75. The van der Waals surface area contributed by atoms with E-state index in [1.807, 2.05) is 52.9 Å². The summed E-state index contributed by atoms with van der Waals surface area (Å²) in [5.41, 5.74) is 1.97. The van der Waals surface area contributed by atoms with E-state index in [-0.39, 0.29) is 12.1 Å². The number of likely N-dealkylation sites (N-methyl/N-ethyl adjacent to an activating group) is 1. The molecule has 2 amide bonds. The van der Waals surface area contributed by atoms with Crippen molar-refractivity contribution in [2.45, 2.75) is 26.8 Å². The minimum Gasteiger partial charge on any atom is -0.319 e. The molecule has 6 heteroatoms. The smallest absolute Gasteiger partial charge is 0.319 e. The standard InChI is InChI=1S/C19H27N5O/c1-14(2)17-13-22(4)10-11-23(17)19(25)20-18-12-15(3)24(21-18)16-8-6-5-7-9-16/h5-9,12,14,17H,10-11,13H2,1-4H3,(H,20,21,25). The van der Waals surface area contributed by atoms with Crippen LogP contribution in [0, 0.1) is 12.8 Å². The summed E-state index contributed by atoms with van der Waals surface area (Å²) in [6, 6.07) is 12.0. The molecule has 1 aliphatic heterocycles.